The molecule has 21 heavy (non-hydrogen) atoms. The van der Waals surface area contributed by atoms with Crippen LogP contribution in [-0.4, -0.2) is 35.1 Å². The molecule has 2 aliphatic rings. The molecule has 0 amide bonds. The maximum atomic E-state index is 6.02. The maximum Gasteiger partial charge on any atom is 0.222 e. The van der Waals surface area contributed by atoms with Gasteiger partial charge in [-0.3, -0.25) is 0 Å². The predicted octanol–water partition coefficient (Wildman–Crippen LogP) is 1.51. The number of fused-ring (bicyclic) bond motifs is 5. The Kier molecular flexibility index (Phi) is 2.08. The van der Waals surface area contributed by atoms with Gasteiger partial charge in [-0.1, -0.05) is 12.1 Å². The molecular formula is C15H15N5O. The Labute approximate surface area is 120 Å². The molecule has 3 aromatic rings. The molecule has 2 aliphatic heterocycles. The molecule has 4 heterocycles. The highest BCUT2D eigenvalue weighted by atomic mass is 16.3. The third-order valence-corrected chi connectivity index (χ3v) is 4.55. The summed E-state index contributed by atoms with van der Waals surface area (Å²) in [6, 6.07) is 8.93. The number of nitrogens with zero attached hydrogens (tertiary/aromatic N) is 3. The highest BCUT2D eigenvalue weighted by Crippen LogP contribution is 2.37. The van der Waals surface area contributed by atoms with Crippen molar-refractivity contribution in [3.05, 3.63) is 24.3 Å². The van der Waals surface area contributed by atoms with Gasteiger partial charge in [-0.15, -0.1) is 0 Å². The van der Waals surface area contributed by atoms with Crippen LogP contribution in [0.4, 0.5) is 11.8 Å². The Bertz CT molecular complexity index is 858. The predicted molar refractivity (Wildman–Crippen MR) is 81.3 cm³/mol. The molecule has 2 saturated heterocycles. The zero-order valence-corrected chi connectivity index (χ0v) is 11.4. The van der Waals surface area contributed by atoms with Crippen LogP contribution in [-0.2, 0) is 0 Å². The van der Waals surface area contributed by atoms with Crippen molar-refractivity contribution < 1.29 is 4.42 Å². The molecule has 3 N–H and O–H groups in total. The van der Waals surface area contributed by atoms with Crippen LogP contribution < -0.4 is 16.0 Å². The Morgan fingerprint density at radius 1 is 1.29 bits per heavy atom. The van der Waals surface area contributed by atoms with E-state index < -0.39 is 0 Å². The summed E-state index contributed by atoms with van der Waals surface area (Å²) < 4.78 is 6.02. The highest BCUT2D eigenvalue weighted by Gasteiger charge is 2.39. The van der Waals surface area contributed by atoms with Crippen LogP contribution in [0.15, 0.2) is 28.7 Å². The Morgan fingerprint density at radius 3 is 3.00 bits per heavy atom. The highest BCUT2D eigenvalue weighted by molar-refractivity contribution is 6.06. The monoisotopic (exact) mass is 281 g/mol. The van der Waals surface area contributed by atoms with Crippen molar-refractivity contribution in [2.45, 2.75) is 18.5 Å². The van der Waals surface area contributed by atoms with E-state index in [0.717, 1.165) is 47.4 Å². The first-order valence-electron chi connectivity index (χ1n) is 7.24. The van der Waals surface area contributed by atoms with Gasteiger partial charge in [0.1, 0.15) is 11.1 Å². The van der Waals surface area contributed by atoms with E-state index in [9.17, 15) is 0 Å². The van der Waals surface area contributed by atoms with Crippen LogP contribution in [0.2, 0.25) is 0 Å². The summed E-state index contributed by atoms with van der Waals surface area (Å²) in [4.78, 5) is 11.2. The van der Waals surface area contributed by atoms with Gasteiger partial charge < -0.3 is 20.4 Å². The number of para-hydroxylation sites is 1. The van der Waals surface area contributed by atoms with Crippen molar-refractivity contribution >= 4 is 33.8 Å². The minimum Gasteiger partial charge on any atom is -0.450 e. The van der Waals surface area contributed by atoms with E-state index >= 15 is 0 Å². The average molecular weight is 281 g/mol. The van der Waals surface area contributed by atoms with Gasteiger partial charge in [-0.05, 0) is 18.6 Å². The van der Waals surface area contributed by atoms with Crippen LogP contribution >= 0.6 is 0 Å². The van der Waals surface area contributed by atoms with E-state index in [2.05, 4.69) is 20.2 Å². The van der Waals surface area contributed by atoms with Crippen molar-refractivity contribution in [3.8, 4) is 0 Å². The number of nitrogens with two attached hydrogens (primary N) is 1. The van der Waals surface area contributed by atoms with Gasteiger partial charge >= 0.3 is 0 Å². The first-order chi connectivity index (χ1) is 10.3. The lowest BCUT2D eigenvalue weighted by Crippen LogP contribution is -2.44. The maximum absolute atomic E-state index is 6.02. The SMILES string of the molecule is Nc1nc(N2CC3CC2CN3)c2oc3ccccc3c2n1. The van der Waals surface area contributed by atoms with Gasteiger partial charge in [-0.2, -0.15) is 4.98 Å². The number of nitrogen functional groups attached to an aromatic ring is 1. The number of rotatable bonds is 1. The standard InChI is InChI=1S/C15H15N5O/c16-15-18-12-10-3-1-2-4-11(10)21-13(12)14(19-15)20-7-8-5-9(20)6-17-8/h1-4,8-9,17H,5-7H2,(H2,16,18,19). The number of anilines is 2. The van der Waals surface area contributed by atoms with Crippen LogP contribution in [0, 0.1) is 0 Å². The number of furan rings is 1. The van der Waals surface area contributed by atoms with Crippen molar-refractivity contribution in [3.63, 3.8) is 0 Å². The van der Waals surface area contributed by atoms with Gasteiger partial charge in [0.05, 0.1) is 0 Å². The number of nitrogens with one attached hydrogen (secondary N) is 1. The Morgan fingerprint density at radius 2 is 2.19 bits per heavy atom. The fourth-order valence-electron chi connectivity index (χ4n) is 3.61. The summed E-state index contributed by atoms with van der Waals surface area (Å²) in [5.74, 6) is 1.14. The molecule has 2 atom stereocenters. The molecular weight excluding hydrogens is 266 g/mol. The second-order valence-corrected chi connectivity index (χ2v) is 5.83. The molecule has 6 nitrogen and oxygen atoms in total. The molecule has 5 rings (SSSR count). The van der Waals surface area contributed by atoms with Crippen LogP contribution in [0.1, 0.15) is 6.42 Å². The Hall–Kier alpha value is -2.34. The van der Waals surface area contributed by atoms with E-state index in [1.807, 2.05) is 24.3 Å². The third-order valence-electron chi connectivity index (χ3n) is 4.55. The summed E-state index contributed by atoms with van der Waals surface area (Å²) in [5, 5.41) is 4.49. The summed E-state index contributed by atoms with van der Waals surface area (Å²) in [6.07, 6.45) is 1.16. The molecule has 6 heteroatoms. The fourth-order valence-corrected chi connectivity index (χ4v) is 3.61. The molecule has 2 unspecified atom stereocenters. The lowest BCUT2D eigenvalue weighted by Gasteiger charge is -2.28. The number of benzene rings is 1. The van der Waals surface area contributed by atoms with Crippen molar-refractivity contribution in [1.82, 2.24) is 15.3 Å². The lowest BCUT2D eigenvalue weighted by molar-refractivity contribution is 0.572. The van der Waals surface area contributed by atoms with E-state index in [-0.39, 0.29) is 0 Å². The molecule has 0 saturated carbocycles. The van der Waals surface area contributed by atoms with Crippen molar-refractivity contribution in [2.75, 3.05) is 23.7 Å². The largest absolute Gasteiger partial charge is 0.450 e. The van der Waals surface area contributed by atoms with Crippen LogP contribution in [0.25, 0.3) is 22.1 Å². The number of hydrogen-bond donors (Lipinski definition) is 2. The van der Waals surface area contributed by atoms with Gasteiger partial charge in [-0.25, -0.2) is 4.98 Å². The van der Waals surface area contributed by atoms with Crippen molar-refractivity contribution in [1.29, 1.82) is 0 Å². The Balaban J connectivity index is 1.79. The third kappa shape index (κ3) is 1.50. The van der Waals surface area contributed by atoms with Crippen LogP contribution in [0.3, 0.4) is 0 Å². The summed E-state index contributed by atoms with van der Waals surface area (Å²) in [7, 11) is 0. The van der Waals surface area contributed by atoms with E-state index in [4.69, 9.17) is 10.2 Å². The minimum atomic E-state index is 0.305. The number of hydrogen-bond acceptors (Lipinski definition) is 6. The first-order valence-corrected chi connectivity index (χ1v) is 7.24. The van der Waals surface area contributed by atoms with Crippen molar-refractivity contribution in [2.24, 2.45) is 0 Å². The normalized spacial score (nSPS) is 24.5. The molecule has 0 aliphatic carbocycles. The van der Waals surface area contributed by atoms with Gasteiger partial charge in [0.2, 0.25) is 5.95 Å². The molecule has 0 radical (unpaired) electrons. The van der Waals surface area contributed by atoms with Gasteiger partial charge in [0.15, 0.2) is 11.4 Å². The zero-order valence-electron chi connectivity index (χ0n) is 11.4. The average Bonchev–Trinajstić information content (AvgIpc) is 3.19. The zero-order chi connectivity index (χ0) is 14.0. The van der Waals surface area contributed by atoms with Crippen LogP contribution in [0.5, 0.6) is 0 Å². The number of piperazine rings is 1. The lowest BCUT2D eigenvalue weighted by atomic mass is 10.2. The van der Waals surface area contributed by atoms with Gasteiger partial charge in [0.25, 0.3) is 0 Å². The molecule has 106 valence electrons. The quantitative estimate of drug-likeness (QED) is 0.704. The molecule has 2 fully saturated rings. The first kappa shape index (κ1) is 11.3. The minimum absolute atomic E-state index is 0.305. The number of aromatic nitrogens is 2. The summed E-state index contributed by atoms with van der Waals surface area (Å²) >= 11 is 0. The molecule has 2 bridgehead atoms. The summed E-state index contributed by atoms with van der Waals surface area (Å²) in [5.41, 5.74) is 8.32. The topological polar surface area (TPSA) is 80.2 Å². The second kappa shape index (κ2) is 3.85. The van der Waals surface area contributed by atoms with E-state index in [1.54, 1.807) is 0 Å². The van der Waals surface area contributed by atoms with E-state index in [1.165, 1.54) is 0 Å². The molecule has 2 aromatic heterocycles. The fraction of sp³-hybridized carbons (Fsp3) is 0.333. The van der Waals surface area contributed by atoms with Gasteiger partial charge in [0, 0.05) is 30.6 Å². The smallest absolute Gasteiger partial charge is 0.222 e. The second-order valence-electron chi connectivity index (χ2n) is 5.83. The molecule has 0 spiro atoms. The summed E-state index contributed by atoms with van der Waals surface area (Å²) in [6.45, 7) is 1.95. The van der Waals surface area contributed by atoms with E-state index in [0.29, 0.717) is 18.0 Å². The molecule has 1 aromatic carbocycles.